The highest BCUT2D eigenvalue weighted by molar-refractivity contribution is 5.95. The number of rotatable bonds is 6. The van der Waals surface area contributed by atoms with Gasteiger partial charge in [-0.1, -0.05) is 12.1 Å². The Morgan fingerprint density at radius 3 is 2.68 bits per heavy atom. The molecule has 1 aliphatic rings. The lowest BCUT2D eigenvalue weighted by molar-refractivity contribution is 0.0930. The number of carbonyl (C=O) groups is 1. The van der Waals surface area contributed by atoms with E-state index in [1.165, 1.54) is 0 Å². The quantitative estimate of drug-likeness (QED) is 0.711. The molecular formula is C22H22N4O2. The van der Waals surface area contributed by atoms with Crippen molar-refractivity contribution >= 4 is 5.91 Å². The molecule has 1 N–H and O–H groups in total. The number of hydrogen-bond acceptors (Lipinski definition) is 5. The number of carbonyl (C=O) groups excluding carboxylic acids is 1. The molecule has 4 rings (SSSR count). The smallest absolute Gasteiger partial charge is 0.251 e. The van der Waals surface area contributed by atoms with Gasteiger partial charge in [-0.3, -0.25) is 9.78 Å². The molecule has 1 fully saturated rings. The molecule has 2 heterocycles. The molecule has 3 aromatic rings. The van der Waals surface area contributed by atoms with Crippen LogP contribution in [0.2, 0.25) is 0 Å². The van der Waals surface area contributed by atoms with Gasteiger partial charge in [-0.05, 0) is 55.5 Å². The normalized spacial score (nSPS) is 14.4. The Kier molecular flexibility index (Phi) is 5.02. The maximum Gasteiger partial charge on any atom is 0.251 e. The topological polar surface area (TPSA) is 77.0 Å². The van der Waals surface area contributed by atoms with Crippen LogP contribution in [0, 0.1) is 12.8 Å². The summed E-state index contributed by atoms with van der Waals surface area (Å²) in [5, 5.41) is 3.18. The molecular weight excluding hydrogens is 352 g/mol. The van der Waals surface area contributed by atoms with Crippen molar-refractivity contribution in [1.29, 1.82) is 0 Å². The fraction of sp³-hybridized carbons (Fsp3) is 0.273. The van der Waals surface area contributed by atoms with Gasteiger partial charge in [0, 0.05) is 29.7 Å². The number of ether oxygens (including phenoxy) is 1. The largest absolute Gasteiger partial charge is 0.479 e. The molecule has 142 valence electrons. The molecule has 6 nitrogen and oxygen atoms in total. The number of methoxy groups -OCH3 is 1. The first-order valence-electron chi connectivity index (χ1n) is 9.34. The number of nitrogens with zero attached hydrogens (tertiary/aromatic N) is 3. The highest BCUT2D eigenvalue weighted by Gasteiger charge is 2.34. The van der Waals surface area contributed by atoms with Gasteiger partial charge in [0.25, 0.3) is 5.91 Å². The van der Waals surface area contributed by atoms with Gasteiger partial charge < -0.3 is 10.1 Å². The summed E-state index contributed by atoms with van der Waals surface area (Å²) < 4.78 is 5.29. The molecule has 28 heavy (non-hydrogen) atoms. The predicted octanol–water partition coefficient (Wildman–Crippen LogP) is 3.74. The third kappa shape index (κ3) is 3.86. The lowest BCUT2D eigenvalue weighted by atomic mass is 10.0. The summed E-state index contributed by atoms with van der Waals surface area (Å²) in [7, 11) is 1.55. The van der Waals surface area contributed by atoms with Crippen molar-refractivity contribution in [2.45, 2.75) is 25.8 Å². The van der Waals surface area contributed by atoms with E-state index < -0.39 is 0 Å². The van der Waals surface area contributed by atoms with Crippen LogP contribution in [0.4, 0.5) is 0 Å². The van der Waals surface area contributed by atoms with E-state index in [2.05, 4.69) is 20.3 Å². The molecule has 0 radical (unpaired) electrons. The van der Waals surface area contributed by atoms with Crippen LogP contribution in [0.3, 0.4) is 0 Å². The number of aryl methyl sites for hydroxylation is 1. The van der Waals surface area contributed by atoms with E-state index >= 15 is 0 Å². The molecule has 1 saturated carbocycles. The molecule has 0 spiro atoms. The highest BCUT2D eigenvalue weighted by Crippen LogP contribution is 2.40. The first-order chi connectivity index (χ1) is 13.7. The number of nitrogens with one attached hydrogen (secondary N) is 1. The Bertz CT molecular complexity index is 1000. The minimum Gasteiger partial charge on any atom is -0.479 e. The highest BCUT2D eigenvalue weighted by atomic mass is 16.5. The zero-order valence-corrected chi connectivity index (χ0v) is 15.9. The lowest BCUT2D eigenvalue weighted by Crippen LogP contribution is -2.30. The van der Waals surface area contributed by atoms with Gasteiger partial charge in [0.05, 0.1) is 18.8 Å². The Hall–Kier alpha value is -3.28. The summed E-state index contributed by atoms with van der Waals surface area (Å²) in [6.07, 6.45) is 7.20. The molecule has 1 aromatic carbocycles. The van der Waals surface area contributed by atoms with Crippen LogP contribution in [0.25, 0.3) is 11.3 Å². The van der Waals surface area contributed by atoms with Crippen LogP contribution in [0.1, 0.15) is 40.5 Å². The third-order valence-electron chi connectivity index (χ3n) is 4.89. The van der Waals surface area contributed by atoms with Crippen LogP contribution >= 0.6 is 0 Å². The number of hydrogen-bond donors (Lipinski definition) is 1. The average molecular weight is 374 g/mol. The molecule has 2 aromatic heterocycles. The van der Waals surface area contributed by atoms with E-state index in [9.17, 15) is 4.79 Å². The number of aromatic nitrogens is 3. The maximum absolute atomic E-state index is 13.0. The Morgan fingerprint density at radius 1 is 1.11 bits per heavy atom. The van der Waals surface area contributed by atoms with Crippen LogP contribution < -0.4 is 10.1 Å². The summed E-state index contributed by atoms with van der Waals surface area (Å²) in [5.74, 6) is 0.756. The summed E-state index contributed by atoms with van der Waals surface area (Å²) in [6, 6.07) is 11.3. The van der Waals surface area contributed by atoms with Crippen molar-refractivity contribution in [3.63, 3.8) is 0 Å². The maximum atomic E-state index is 13.0. The second-order valence-corrected chi connectivity index (χ2v) is 7.04. The van der Waals surface area contributed by atoms with Gasteiger partial charge in [-0.2, -0.15) is 0 Å². The van der Waals surface area contributed by atoms with Crippen LogP contribution in [0.15, 0.2) is 55.0 Å². The fourth-order valence-electron chi connectivity index (χ4n) is 3.30. The second kappa shape index (κ2) is 7.76. The summed E-state index contributed by atoms with van der Waals surface area (Å²) in [4.78, 5) is 26.0. The fourth-order valence-corrected chi connectivity index (χ4v) is 3.30. The predicted molar refractivity (Wildman–Crippen MR) is 106 cm³/mol. The Morgan fingerprint density at radius 2 is 1.93 bits per heavy atom. The van der Waals surface area contributed by atoms with E-state index in [-0.39, 0.29) is 11.9 Å². The van der Waals surface area contributed by atoms with Crippen molar-refractivity contribution in [3.8, 4) is 17.1 Å². The van der Waals surface area contributed by atoms with E-state index in [0.717, 1.165) is 29.7 Å². The van der Waals surface area contributed by atoms with Gasteiger partial charge in [-0.15, -0.1) is 0 Å². The zero-order valence-electron chi connectivity index (χ0n) is 15.9. The third-order valence-corrected chi connectivity index (χ3v) is 4.89. The standard InChI is InChI=1S/C22H22N4O2/c1-14-8-9-23-18(12-14)19(15-6-7-15)26-21(27)17-5-3-4-16(13-17)20-22(28-2)25-11-10-24-20/h3-5,8-13,15,19H,6-7H2,1-2H3,(H,26,27). The van der Waals surface area contributed by atoms with Crippen molar-refractivity contribution in [2.75, 3.05) is 7.11 Å². The van der Waals surface area contributed by atoms with Crippen molar-refractivity contribution < 1.29 is 9.53 Å². The molecule has 0 saturated heterocycles. The van der Waals surface area contributed by atoms with Gasteiger partial charge in [0.1, 0.15) is 5.69 Å². The van der Waals surface area contributed by atoms with Gasteiger partial charge >= 0.3 is 0 Å². The molecule has 1 aliphatic carbocycles. The minimum atomic E-state index is -0.120. The Balaban J connectivity index is 1.59. The van der Waals surface area contributed by atoms with E-state index in [4.69, 9.17) is 4.74 Å². The monoisotopic (exact) mass is 374 g/mol. The van der Waals surface area contributed by atoms with Crippen LogP contribution in [-0.4, -0.2) is 28.0 Å². The molecule has 6 heteroatoms. The molecule has 0 aliphatic heterocycles. The minimum absolute atomic E-state index is 0.0675. The van der Waals surface area contributed by atoms with Crippen LogP contribution in [-0.2, 0) is 0 Å². The molecule has 0 bridgehead atoms. The number of benzene rings is 1. The van der Waals surface area contributed by atoms with E-state index in [1.807, 2.05) is 37.3 Å². The van der Waals surface area contributed by atoms with Crippen molar-refractivity contribution in [1.82, 2.24) is 20.3 Å². The van der Waals surface area contributed by atoms with E-state index in [0.29, 0.717) is 23.1 Å². The van der Waals surface area contributed by atoms with Crippen molar-refractivity contribution in [3.05, 3.63) is 71.8 Å². The van der Waals surface area contributed by atoms with Crippen LogP contribution in [0.5, 0.6) is 5.88 Å². The Labute approximate surface area is 164 Å². The summed E-state index contributed by atoms with van der Waals surface area (Å²) >= 11 is 0. The first kappa shape index (κ1) is 18.1. The molecule has 1 unspecified atom stereocenters. The molecule has 1 amide bonds. The van der Waals surface area contributed by atoms with Gasteiger partial charge in [0.15, 0.2) is 0 Å². The number of pyridine rings is 1. The van der Waals surface area contributed by atoms with Gasteiger partial charge in [-0.25, -0.2) is 9.97 Å². The van der Waals surface area contributed by atoms with Crippen molar-refractivity contribution in [2.24, 2.45) is 5.92 Å². The van der Waals surface area contributed by atoms with E-state index in [1.54, 1.807) is 31.8 Å². The number of amides is 1. The van der Waals surface area contributed by atoms with Gasteiger partial charge in [0.2, 0.25) is 5.88 Å². The first-order valence-corrected chi connectivity index (χ1v) is 9.34. The second-order valence-electron chi connectivity index (χ2n) is 7.04. The SMILES string of the molecule is COc1nccnc1-c1cccc(C(=O)NC(c2cc(C)ccn2)C2CC2)c1. The summed E-state index contributed by atoms with van der Waals surface area (Å²) in [5.41, 5.74) is 4.03. The zero-order chi connectivity index (χ0) is 19.5. The average Bonchev–Trinajstić information content (AvgIpc) is 3.57. The lowest BCUT2D eigenvalue weighted by Gasteiger charge is -2.18. The summed E-state index contributed by atoms with van der Waals surface area (Å²) in [6.45, 7) is 2.04. The molecule has 1 atom stereocenters.